The molecule has 3 rings (SSSR count). The lowest BCUT2D eigenvalue weighted by atomic mass is 10.1. The van der Waals surface area contributed by atoms with Gasteiger partial charge in [-0.05, 0) is 30.8 Å². The molecule has 2 aromatic heterocycles. The Balaban J connectivity index is 1.84. The molecule has 0 spiro atoms. The van der Waals surface area contributed by atoms with Crippen molar-refractivity contribution in [2.45, 2.75) is 6.92 Å². The molecule has 0 radical (unpaired) electrons. The van der Waals surface area contributed by atoms with Crippen molar-refractivity contribution in [3.8, 4) is 10.4 Å². The van der Waals surface area contributed by atoms with Crippen LogP contribution in [-0.4, -0.2) is 28.0 Å². The zero-order valence-electron chi connectivity index (χ0n) is 14.6. The summed E-state index contributed by atoms with van der Waals surface area (Å²) in [4.78, 5) is 13.1. The van der Waals surface area contributed by atoms with Crippen molar-refractivity contribution in [2.75, 3.05) is 17.7 Å². The summed E-state index contributed by atoms with van der Waals surface area (Å²) in [7, 11) is 3.22. The van der Waals surface area contributed by atoms with Crippen molar-refractivity contribution in [1.29, 1.82) is 0 Å². The quantitative estimate of drug-likeness (QED) is 0.521. The fourth-order valence-corrected chi connectivity index (χ4v) is 3.69. The Labute approximate surface area is 160 Å². The number of nitrogens with zero attached hydrogens (tertiary/aromatic N) is 2. The normalized spacial score (nSPS) is 10.4. The zero-order chi connectivity index (χ0) is 18.7. The van der Waals surface area contributed by atoms with E-state index in [4.69, 9.17) is 17.0 Å². The summed E-state index contributed by atoms with van der Waals surface area (Å²) in [5.74, 6) is 0.226. The van der Waals surface area contributed by atoms with E-state index in [9.17, 15) is 4.79 Å². The molecule has 0 fully saturated rings. The van der Waals surface area contributed by atoms with Crippen LogP contribution < -0.4 is 10.6 Å². The maximum Gasteiger partial charge on any atom is 0.340 e. The number of rotatable bonds is 4. The van der Waals surface area contributed by atoms with Gasteiger partial charge < -0.3 is 15.4 Å². The third-order valence-electron chi connectivity index (χ3n) is 3.78. The van der Waals surface area contributed by atoms with Gasteiger partial charge in [-0.2, -0.15) is 5.10 Å². The molecular formula is C18H18N4O2S2. The fourth-order valence-electron chi connectivity index (χ4n) is 2.36. The van der Waals surface area contributed by atoms with Crippen LogP contribution in [0.1, 0.15) is 16.1 Å². The molecule has 0 atom stereocenters. The Bertz CT molecular complexity index is 928. The molecule has 0 aliphatic heterocycles. The zero-order valence-corrected chi connectivity index (χ0v) is 16.2. The highest BCUT2D eigenvalue weighted by molar-refractivity contribution is 7.80. The molecule has 2 N–H and O–H groups in total. The summed E-state index contributed by atoms with van der Waals surface area (Å²) in [6.45, 7) is 1.95. The first-order chi connectivity index (χ1) is 12.5. The van der Waals surface area contributed by atoms with Gasteiger partial charge in [0.15, 0.2) is 10.9 Å². The Kier molecular flexibility index (Phi) is 5.34. The van der Waals surface area contributed by atoms with E-state index in [1.807, 2.05) is 56.4 Å². The number of hydrogen-bond donors (Lipinski definition) is 2. The Morgan fingerprint density at radius 1 is 1.23 bits per heavy atom. The van der Waals surface area contributed by atoms with Crippen molar-refractivity contribution < 1.29 is 9.53 Å². The first kappa shape index (κ1) is 18.1. The van der Waals surface area contributed by atoms with Crippen LogP contribution in [0.4, 0.5) is 10.8 Å². The van der Waals surface area contributed by atoms with E-state index in [0.29, 0.717) is 21.5 Å². The van der Waals surface area contributed by atoms with Gasteiger partial charge in [-0.15, -0.1) is 11.3 Å². The van der Waals surface area contributed by atoms with Gasteiger partial charge in [0.2, 0.25) is 0 Å². The minimum absolute atomic E-state index is 0.356. The predicted molar refractivity (Wildman–Crippen MR) is 109 cm³/mol. The van der Waals surface area contributed by atoms with Crippen LogP contribution >= 0.6 is 23.6 Å². The first-order valence-corrected chi connectivity index (χ1v) is 9.06. The largest absolute Gasteiger partial charge is 0.465 e. The molecule has 0 bridgehead atoms. The Morgan fingerprint density at radius 3 is 2.58 bits per heavy atom. The van der Waals surface area contributed by atoms with Crippen LogP contribution in [0.2, 0.25) is 0 Å². The molecule has 2 heterocycles. The van der Waals surface area contributed by atoms with Crippen LogP contribution in [0, 0.1) is 6.92 Å². The number of thiophene rings is 1. The minimum Gasteiger partial charge on any atom is -0.465 e. The van der Waals surface area contributed by atoms with Gasteiger partial charge >= 0.3 is 5.97 Å². The van der Waals surface area contributed by atoms with E-state index < -0.39 is 5.97 Å². The van der Waals surface area contributed by atoms with E-state index in [0.717, 1.165) is 16.1 Å². The van der Waals surface area contributed by atoms with Gasteiger partial charge in [-0.3, -0.25) is 4.68 Å². The molecule has 1 aromatic carbocycles. The summed E-state index contributed by atoms with van der Waals surface area (Å²) in [5.41, 5.74) is 2.47. The number of anilines is 2. The third-order valence-corrected chi connectivity index (χ3v) is 5.08. The van der Waals surface area contributed by atoms with E-state index >= 15 is 0 Å². The lowest BCUT2D eigenvalue weighted by molar-refractivity contribution is 0.0602. The fraction of sp³-hybridized carbons (Fsp3) is 0.167. The second kappa shape index (κ2) is 7.67. The molecular weight excluding hydrogens is 368 g/mol. The van der Waals surface area contributed by atoms with Gasteiger partial charge in [0, 0.05) is 23.7 Å². The third kappa shape index (κ3) is 3.92. The lowest BCUT2D eigenvalue weighted by Crippen LogP contribution is -2.20. The first-order valence-electron chi connectivity index (χ1n) is 7.84. The van der Waals surface area contributed by atoms with E-state index in [1.165, 1.54) is 18.4 Å². The molecule has 3 aromatic rings. The molecule has 0 saturated heterocycles. The highest BCUT2D eigenvalue weighted by Crippen LogP contribution is 2.35. The summed E-state index contributed by atoms with van der Waals surface area (Å²) < 4.78 is 6.65. The molecule has 26 heavy (non-hydrogen) atoms. The lowest BCUT2D eigenvalue weighted by Gasteiger charge is -2.08. The molecule has 6 nitrogen and oxygen atoms in total. The van der Waals surface area contributed by atoms with Gasteiger partial charge in [-0.1, -0.05) is 30.3 Å². The van der Waals surface area contributed by atoms with E-state index in [1.54, 1.807) is 4.68 Å². The molecule has 0 aliphatic carbocycles. The molecule has 134 valence electrons. The number of carbonyl (C=O) groups excluding carboxylic acids is 1. The van der Waals surface area contributed by atoms with Gasteiger partial charge in [-0.25, -0.2) is 4.79 Å². The van der Waals surface area contributed by atoms with Crippen LogP contribution in [0.15, 0.2) is 42.5 Å². The standard InChI is InChI=1S/C18H18N4O2S2/c1-11-9-15(21-22(11)2)19-18(25)20-16-13(17(23)24-3)10-14(26-16)12-7-5-4-6-8-12/h4-10H,1-3H3,(H2,19,20,21,25). The Morgan fingerprint density at radius 2 is 1.96 bits per heavy atom. The Hall–Kier alpha value is -2.71. The number of methoxy groups -OCH3 is 1. The molecule has 0 aliphatic rings. The number of thiocarbonyl (C=S) groups is 1. The van der Waals surface area contributed by atoms with Crippen molar-refractivity contribution in [3.63, 3.8) is 0 Å². The van der Waals surface area contributed by atoms with Crippen molar-refractivity contribution in [2.24, 2.45) is 7.05 Å². The number of hydrogen-bond acceptors (Lipinski definition) is 5. The highest BCUT2D eigenvalue weighted by atomic mass is 32.1. The van der Waals surface area contributed by atoms with Gasteiger partial charge in [0.1, 0.15) is 5.00 Å². The predicted octanol–water partition coefficient (Wildman–Crippen LogP) is 4.05. The summed E-state index contributed by atoms with van der Waals surface area (Å²) in [6.07, 6.45) is 0. The number of carbonyl (C=O) groups is 1. The minimum atomic E-state index is -0.414. The maximum atomic E-state index is 12.1. The van der Waals surface area contributed by atoms with Crippen LogP contribution in [-0.2, 0) is 11.8 Å². The maximum absolute atomic E-state index is 12.1. The summed E-state index contributed by atoms with van der Waals surface area (Å²) in [5, 5.41) is 11.4. The SMILES string of the molecule is COC(=O)c1cc(-c2ccccc2)sc1NC(=S)Nc1cc(C)n(C)n1. The average molecular weight is 387 g/mol. The van der Waals surface area contributed by atoms with Crippen LogP contribution in [0.5, 0.6) is 0 Å². The van der Waals surface area contributed by atoms with Crippen molar-refractivity contribution in [3.05, 3.63) is 53.7 Å². The molecule has 0 amide bonds. The van der Waals surface area contributed by atoms with Crippen LogP contribution in [0.3, 0.4) is 0 Å². The average Bonchev–Trinajstić information content (AvgIpc) is 3.18. The number of nitrogens with one attached hydrogen (secondary N) is 2. The summed E-state index contributed by atoms with van der Waals surface area (Å²) in [6, 6.07) is 13.5. The molecule has 8 heteroatoms. The number of benzene rings is 1. The van der Waals surface area contributed by atoms with Crippen molar-refractivity contribution in [1.82, 2.24) is 9.78 Å². The number of ether oxygens (including phenoxy) is 1. The van der Waals surface area contributed by atoms with Crippen LogP contribution in [0.25, 0.3) is 10.4 Å². The van der Waals surface area contributed by atoms with E-state index in [-0.39, 0.29) is 0 Å². The second-order valence-corrected chi connectivity index (χ2v) is 7.05. The molecule has 0 saturated carbocycles. The smallest absolute Gasteiger partial charge is 0.340 e. The highest BCUT2D eigenvalue weighted by Gasteiger charge is 2.18. The molecule has 0 unspecified atom stereocenters. The summed E-state index contributed by atoms with van der Waals surface area (Å²) >= 11 is 6.80. The van der Waals surface area contributed by atoms with Gasteiger partial charge in [0.25, 0.3) is 0 Å². The number of esters is 1. The second-order valence-electron chi connectivity index (χ2n) is 5.58. The monoisotopic (exact) mass is 386 g/mol. The topological polar surface area (TPSA) is 68.2 Å². The van der Waals surface area contributed by atoms with Gasteiger partial charge in [0.05, 0.1) is 12.7 Å². The van der Waals surface area contributed by atoms with E-state index in [2.05, 4.69) is 15.7 Å². The number of aromatic nitrogens is 2. The number of aryl methyl sites for hydroxylation is 2. The van der Waals surface area contributed by atoms with Crippen molar-refractivity contribution >= 4 is 45.5 Å².